The van der Waals surface area contributed by atoms with Gasteiger partial charge in [0.15, 0.2) is 4.47 Å². The molecule has 0 atom stereocenters. The van der Waals surface area contributed by atoms with E-state index in [1.807, 2.05) is 0 Å². The van der Waals surface area contributed by atoms with Crippen LogP contribution in [0.25, 0.3) is 11.3 Å². The summed E-state index contributed by atoms with van der Waals surface area (Å²) >= 11 is 7.00. The lowest BCUT2D eigenvalue weighted by atomic mass is 10.2. The summed E-state index contributed by atoms with van der Waals surface area (Å²) in [5.74, 6) is -0.262. The smallest absolute Gasteiger partial charge is 0.184 e. The monoisotopic (exact) mass is 213 g/mol. The van der Waals surface area contributed by atoms with Crippen LogP contribution in [-0.2, 0) is 0 Å². The quantitative estimate of drug-likeness (QED) is 0.705. The molecule has 0 N–H and O–H groups in total. The molecule has 0 fully saturated rings. The van der Waals surface area contributed by atoms with Crippen molar-refractivity contribution < 1.29 is 4.39 Å². The molecule has 0 saturated carbocycles. The minimum Gasteiger partial charge on any atom is -0.225 e. The summed E-state index contributed by atoms with van der Waals surface area (Å²) in [5.41, 5.74) is 1.47. The van der Waals surface area contributed by atoms with E-state index in [1.54, 1.807) is 17.5 Å². The number of aromatic nitrogens is 1. The predicted octanol–water partition coefficient (Wildman–Crippen LogP) is 3.60. The van der Waals surface area contributed by atoms with Crippen molar-refractivity contribution in [2.24, 2.45) is 0 Å². The van der Waals surface area contributed by atoms with Gasteiger partial charge in [-0.1, -0.05) is 23.7 Å². The molecular weight excluding hydrogens is 209 g/mol. The first kappa shape index (κ1) is 8.66. The summed E-state index contributed by atoms with van der Waals surface area (Å²) in [6.07, 6.45) is 0. The van der Waals surface area contributed by atoms with E-state index >= 15 is 0 Å². The maximum absolute atomic E-state index is 12.8. The number of benzene rings is 1. The second kappa shape index (κ2) is 3.44. The van der Waals surface area contributed by atoms with E-state index < -0.39 is 0 Å². The summed E-state index contributed by atoms with van der Waals surface area (Å²) in [6, 6.07) is 6.29. The van der Waals surface area contributed by atoms with E-state index in [1.165, 1.54) is 23.5 Å². The third kappa shape index (κ3) is 1.87. The molecule has 66 valence electrons. The highest BCUT2D eigenvalue weighted by molar-refractivity contribution is 7.14. The second-order valence-corrected chi connectivity index (χ2v) is 3.94. The van der Waals surface area contributed by atoms with Crippen molar-refractivity contribution in [3.05, 3.63) is 39.9 Å². The zero-order valence-corrected chi connectivity index (χ0v) is 8.07. The fourth-order valence-corrected chi connectivity index (χ4v) is 1.81. The van der Waals surface area contributed by atoms with Gasteiger partial charge < -0.3 is 0 Å². The summed E-state index contributed by atoms with van der Waals surface area (Å²) in [5, 5.41) is 1.80. The average Bonchev–Trinajstić information content (AvgIpc) is 2.52. The molecule has 4 heteroatoms. The Morgan fingerprint density at radius 1 is 1.38 bits per heavy atom. The van der Waals surface area contributed by atoms with Gasteiger partial charge in [0.05, 0.1) is 5.69 Å². The van der Waals surface area contributed by atoms with Crippen molar-refractivity contribution in [1.82, 2.24) is 4.98 Å². The zero-order valence-electron chi connectivity index (χ0n) is 6.50. The molecule has 0 amide bonds. The van der Waals surface area contributed by atoms with Gasteiger partial charge in [0, 0.05) is 10.9 Å². The molecule has 13 heavy (non-hydrogen) atoms. The SMILES string of the molecule is Fc1cccc(-c2csc(Cl)n2)c1. The number of halogens is 2. The predicted molar refractivity (Wildman–Crippen MR) is 52.5 cm³/mol. The van der Waals surface area contributed by atoms with Crippen LogP contribution in [0.15, 0.2) is 29.6 Å². The Bertz CT molecular complexity index is 427. The summed E-state index contributed by atoms with van der Waals surface area (Å²) in [6.45, 7) is 0. The number of rotatable bonds is 1. The summed E-state index contributed by atoms with van der Waals surface area (Å²) < 4.78 is 13.3. The molecule has 0 aliphatic rings. The Labute approximate surface area is 83.8 Å². The Morgan fingerprint density at radius 3 is 2.85 bits per heavy atom. The van der Waals surface area contributed by atoms with E-state index in [0.717, 1.165) is 11.3 Å². The number of nitrogens with zero attached hydrogens (tertiary/aromatic N) is 1. The molecule has 2 rings (SSSR count). The van der Waals surface area contributed by atoms with E-state index in [2.05, 4.69) is 4.98 Å². The Hall–Kier alpha value is -0.930. The van der Waals surface area contributed by atoms with Crippen molar-refractivity contribution in [3.63, 3.8) is 0 Å². The molecule has 2 aromatic rings. The van der Waals surface area contributed by atoms with Gasteiger partial charge in [-0.25, -0.2) is 9.37 Å². The third-order valence-corrected chi connectivity index (χ3v) is 2.58. The Kier molecular flexibility index (Phi) is 2.29. The average molecular weight is 214 g/mol. The standard InChI is InChI=1S/C9H5ClFNS/c10-9-12-8(5-13-9)6-2-1-3-7(11)4-6/h1-5H. The largest absolute Gasteiger partial charge is 0.225 e. The lowest BCUT2D eigenvalue weighted by Gasteiger charge is -1.94. The fraction of sp³-hybridized carbons (Fsp3) is 0. The van der Waals surface area contributed by atoms with Gasteiger partial charge in [0.2, 0.25) is 0 Å². The molecule has 0 aliphatic carbocycles. The van der Waals surface area contributed by atoms with Crippen LogP contribution < -0.4 is 0 Å². The molecular formula is C9H5ClFNS. The van der Waals surface area contributed by atoms with E-state index in [0.29, 0.717) is 4.47 Å². The highest BCUT2D eigenvalue weighted by Crippen LogP contribution is 2.24. The van der Waals surface area contributed by atoms with Crippen molar-refractivity contribution >= 4 is 22.9 Å². The first-order chi connectivity index (χ1) is 6.25. The van der Waals surface area contributed by atoms with Crippen molar-refractivity contribution in [1.29, 1.82) is 0 Å². The first-order valence-electron chi connectivity index (χ1n) is 3.63. The second-order valence-electron chi connectivity index (χ2n) is 2.50. The van der Waals surface area contributed by atoms with Crippen LogP contribution in [0.4, 0.5) is 4.39 Å². The minimum atomic E-state index is -0.262. The topological polar surface area (TPSA) is 12.9 Å². The van der Waals surface area contributed by atoms with Crippen molar-refractivity contribution in [3.8, 4) is 11.3 Å². The zero-order chi connectivity index (χ0) is 9.26. The molecule has 0 unspecified atom stereocenters. The summed E-state index contributed by atoms with van der Waals surface area (Å²) in [4.78, 5) is 4.04. The number of thiazole rings is 1. The highest BCUT2D eigenvalue weighted by Gasteiger charge is 2.02. The molecule has 0 saturated heterocycles. The summed E-state index contributed by atoms with van der Waals surface area (Å²) in [7, 11) is 0. The Morgan fingerprint density at radius 2 is 2.23 bits per heavy atom. The van der Waals surface area contributed by atoms with Gasteiger partial charge in [-0.15, -0.1) is 11.3 Å². The maximum atomic E-state index is 12.8. The molecule has 0 radical (unpaired) electrons. The van der Waals surface area contributed by atoms with E-state index in [9.17, 15) is 4.39 Å². The maximum Gasteiger partial charge on any atom is 0.184 e. The van der Waals surface area contributed by atoms with E-state index in [-0.39, 0.29) is 5.82 Å². The molecule has 0 bridgehead atoms. The molecule has 0 aliphatic heterocycles. The van der Waals surface area contributed by atoms with Gasteiger partial charge >= 0.3 is 0 Å². The highest BCUT2D eigenvalue weighted by atomic mass is 35.5. The van der Waals surface area contributed by atoms with Gasteiger partial charge in [0.25, 0.3) is 0 Å². The molecule has 1 aromatic heterocycles. The molecule has 0 spiro atoms. The number of hydrogen-bond acceptors (Lipinski definition) is 2. The lowest BCUT2D eigenvalue weighted by molar-refractivity contribution is 0.628. The van der Waals surface area contributed by atoms with Crippen LogP contribution in [0.1, 0.15) is 0 Å². The van der Waals surface area contributed by atoms with Crippen LogP contribution in [0, 0.1) is 5.82 Å². The third-order valence-electron chi connectivity index (χ3n) is 1.60. The molecule has 1 heterocycles. The van der Waals surface area contributed by atoms with Gasteiger partial charge in [-0.05, 0) is 12.1 Å². The Balaban J connectivity index is 2.46. The first-order valence-corrected chi connectivity index (χ1v) is 4.88. The normalized spacial score (nSPS) is 10.3. The lowest BCUT2D eigenvalue weighted by Crippen LogP contribution is -1.78. The van der Waals surface area contributed by atoms with Crippen molar-refractivity contribution in [2.45, 2.75) is 0 Å². The van der Waals surface area contributed by atoms with Crippen LogP contribution in [-0.4, -0.2) is 4.98 Å². The molecule has 1 nitrogen and oxygen atoms in total. The van der Waals surface area contributed by atoms with E-state index in [4.69, 9.17) is 11.6 Å². The van der Waals surface area contributed by atoms with Crippen LogP contribution in [0.2, 0.25) is 4.47 Å². The minimum absolute atomic E-state index is 0.262. The molecule has 1 aromatic carbocycles. The van der Waals surface area contributed by atoms with Gasteiger partial charge in [-0.3, -0.25) is 0 Å². The fourth-order valence-electron chi connectivity index (χ4n) is 1.03. The van der Waals surface area contributed by atoms with Crippen LogP contribution in [0.3, 0.4) is 0 Å². The van der Waals surface area contributed by atoms with Gasteiger partial charge in [0.1, 0.15) is 5.82 Å². The number of hydrogen-bond donors (Lipinski definition) is 0. The van der Waals surface area contributed by atoms with Crippen LogP contribution >= 0.6 is 22.9 Å². The van der Waals surface area contributed by atoms with Crippen LogP contribution in [0.5, 0.6) is 0 Å². The van der Waals surface area contributed by atoms with Gasteiger partial charge in [-0.2, -0.15) is 0 Å². The van der Waals surface area contributed by atoms with Crippen molar-refractivity contribution in [2.75, 3.05) is 0 Å².